The molecular formula is C29H35NO4. The molecule has 1 saturated heterocycles. The van der Waals surface area contributed by atoms with Crippen LogP contribution in [0.1, 0.15) is 86.2 Å². The summed E-state index contributed by atoms with van der Waals surface area (Å²) in [5, 5.41) is 2.22. The molecular weight excluding hydrogens is 426 g/mol. The van der Waals surface area contributed by atoms with Gasteiger partial charge in [-0.2, -0.15) is 0 Å². The first-order valence-corrected chi connectivity index (χ1v) is 12.5. The van der Waals surface area contributed by atoms with E-state index in [1.54, 1.807) is 30.3 Å². The van der Waals surface area contributed by atoms with Crippen LogP contribution in [0.15, 0.2) is 54.6 Å². The summed E-state index contributed by atoms with van der Waals surface area (Å²) in [6.45, 7) is 2.25. The quantitative estimate of drug-likeness (QED) is 0.225. The van der Waals surface area contributed by atoms with Crippen LogP contribution in [-0.4, -0.2) is 24.4 Å². The maximum absolute atomic E-state index is 12.0. The average Bonchev–Trinajstić information content (AvgIpc) is 3.57. The van der Waals surface area contributed by atoms with Gasteiger partial charge in [0.05, 0.1) is 0 Å². The molecule has 0 radical (unpaired) electrons. The number of epoxide rings is 1. The molecule has 1 heterocycles. The molecule has 2 aromatic carbocycles. The Balaban J connectivity index is 1.32. The first kappa shape index (κ1) is 25.5. The number of carbonyl (C=O) groups is 2. The molecule has 1 aliphatic heterocycles. The van der Waals surface area contributed by atoms with Crippen molar-refractivity contribution in [3.8, 4) is 11.8 Å². The molecule has 180 valence electrons. The highest BCUT2D eigenvalue weighted by atomic mass is 16.8. The SMILES string of the molecule is CCCCCCCCCCC#Cc1cccc(C[C@@H]2O[C@H]2OC(=O)NC(=O)c2ccccc2)c1. The highest BCUT2D eigenvalue weighted by Crippen LogP contribution is 2.27. The Labute approximate surface area is 203 Å². The number of hydrogen-bond donors (Lipinski definition) is 1. The average molecular weight is 462 g/mol. The van der Waals surface area contributed by atoms with Crippen molar-refractivity contribution in [2.75, 3.05) is 0 Å². The predicted octanol–water partition coefficient (Wildman–Crippen LogP) is 6.40. The molecule has 2 amide bonds. The molecule has 0 aromatic heterocycles. The molecule has 0 spiro atoms. The lowest BCUT2D eigenvalue weighted by Crippen LogP contribution is -2.32. The second kappa shape index (κ2) is 14.2. The molecule has 0 unspecified atom stereocenters. The highest BCUT2D eigenvalue weighted by molar-refractivity contribution is 6.02. The Kier molecular flexibility index (Phi) is 10.7. The van der Waals surface area contributed by atoms with E-state index in [0.29, 0.717) is 12.0 Å². The van der Waals surface area contributed by atoms with E-state index in [9.17, 15) is 9.59 Å². The number of benzene rings is 2. The number of ether oxygens (including phenoxy) is 2. The van der Waals surface area contributed by atoms with Crippen LogP contribution in [0.3, 0.4) is 0 Å². The number of carbonyl (C=O) groups excluding carboxylic acids is 2. The van der Waals surface area contributed by atoms with Crippen molar-refractivity contribution in [1.82, 2.24) is 5.32 Å². The summed E-state index contributed by atoms with van der Waals surface area (Å²) in [6, 6.07) is 16.6. The van der Waals surface area contributed by atoms with Crippen molar-refractivity contribution >= 4 is 12.0 Å². The van der Waals surface area contributed by atoms with Gasteiger partial charge in [0.2, 0.25) is 6.29 Å². The molecule has 2 aromatic rings. The van der Waals surface area contributed by atoms with E-state index < -0.39 is 18.3 Å². The van der Waals surface area contributed by atoms with E-state index >= 15 is 0 Å². The Bertz CT molecular complexity index is 976. The maximum atomic E-state index is 12.0. The summed E-state index contributed by atoms with van der Waals surface area (Å²) in [4.78, 5) is 24.0. The summed E-state index contributed by atoms with van der Waals surface area (Å²) in [5.74, 6) is 6.04. The molecule has 5 heteroatoms. The Morgan fingerprint density at radius 3 is 2.44 bits per heavy atom. The fourth-order valence-corrected chi connectivity index (χ4v) is 3.78. The third-order valence-corrected chi connectivity index (χ3v) is 5.76. The third kappa shape index (κ3) is 9.41. The fourth-order valence-electron chi connectivity index (χ4n) is 3.78. The third-order valence-electron chi connectivity index (χ3n) is 5.76. The summed E-state index contributed by atoms with van der Waals surface area (Å²) in [7, 11) is 0. The van der Waals surface area contributed by atoms with Gasteiger partial charge in [0.1, 0.15) is 6.10 Å². The van der Waals surface area contributed by atoms with Gasteiger partial charge in [0.25, 0.3) is 5.91 Å². The number of nitrogens with one attached hydrogen (secondary N) is 1. The number of rotatable bonds is 12. The Morgan fingerprint density at radius 1 is 0.941 bits per heavy atom. The minimum Gasteiger partial charge on any atom is -0.416 e. The zero-order chi connectivity index (χ0) is 24.0. The van der Waals surface area contributed by atoms with Crippen LogP contribution >= 0.6 is 0 Å². The summed E-state index contributed by atoms with van der Waals surface area (Å²) in [6.07, 6.45) is 10.3. The summed E-state index contributed by atoms with van der Waals surface area (Å²) in [5.41, 5.74) is 2.46. The van der Waals surface area contributed by atoms with Gasteiger partial charge < -0.3 is 9.47 Å². The number of imide groups is 1. The monoisotopic (exact) mass is 461 g/mol. The zero-order valence-electron chi connectivity index (χ0n) is 20.1. The van der Waals surface area contributed by atoms with E-state index in [1.165, 1.54) is 44.9 Å². The van der Waals surface area contributed by atoms with Gasteiger partial charge in [-0.3, -0.25) is 10.1 Å². The molecule has 1 aliphatic rings. The molecule has 1 fully saturated rings. The van der Waals surface area contributed by atoms with Crippen molar-refractivity contribution in [2.45, 2.75) is 83.5 Å². The van der Waals surface area contributed by atoms with Gasteiger partial charge in [0.15, 0.2) is 0 Å². The van der Waals surface area contributed by atoms with Crippen molar-refractivity contribution in [2.24, 2.45) is 0 Å². The number of alkyl carbamates (subject to hydrolysis) is 1. The Hall–Kier alpha value is -3.10. The van der Waals surface area contributed by atoms with Crippen LogP contribution in [0.4, 0.5) is 4.79 Å². The fraction of sp³-hybridized carbons (Fsp3) is 0.448. The van der Waals surface area contributed by atoms with E-state index in [0.717, 1.165) is 24.0 Å². The zero-order valence-corrected chi connectivity index (χ0v) is 20.1. The predicted molar refractivity (Wildman–Crippen MR) is 133 cm³/mol. The van der Waals surface area contributed by atoms with Gasteiger partial charge in [-0.25, -0.2) is 4.79 Å². The van der Waals surface area contributed by atoms with Gasteiger partial charge in [0, 0.05) is 24.0 Å². The minimum atomic E-state index is -0.804. The van der Waals surface area contributed by atoms with Crippen molar-refractivity contribution in [1.29, 1.82) is 0 Å². The smallest absolute Gasteiger partial charge is 0.416 e. The highest BCUT2D eigenvalue weighted by Gasteiger charge is 2.42. The van der Waals surface area contributed by atoms with Gasteiger partial charge in [-0.15, -0.1) is 0 Å². The normalized spacial score (nSPS) is 16.3. The van der Waals surface area contributed by atoms with E-state index in [4.69, 9.17) is 9.47 Å². The second-order valence-electron chi connectivity index (χ2n) is 8.70. The van der Waals surface area contributed by atoms with E-state index in [1.807, 2.05) is 18.2 Å². The van der Waals surface area contributed by atoms with E-state index in [-0.39, 0.29) is 6.10 Å². The van der Waals surface area contributed by atoms with Crippen LogP contribution in [0.25, 0.3) is 0 Å². The molecule has 34 heavy (non-hydrogen) atoms. The van der Waals surface area contributed by atoms with Crippen LogP contribution < -0.4 is 5.32 Å². The van der Waals surface area contributed by atoms with Crippen molar-refractivity contribution in [3.05, 3.63) is 71.3 Å². The lowest BCUT2D eigenvalue weighted by molar-refractivity contribution is 0.0802. The Morgan fingerprint density at radius 2 is 1.68 bits per heavy atom. The maximum Gasteiger partial charge on any atom is 0.416 e. The van der Waals surface area contributed by atoms with Crippen molar-refractivity contribution in [3.63, 3.8) is 0 Å². The van der Waals surface area contributed by atoms with E-state index in [2.05, 4.69) is 30.1 Å². The molecule has 3 rings (SSSR count). The standard InChI is InChI=1S/C29H35NO4/c1-2-3-4-5-6-7-8-9-10-12-16-23-17-15-18-24(21-23)22-26-28(33-26)34-29(32)30-27(31)25-19-13-11-14-20-25/h11,13-15,17-21,26,28H,2-10,22H2,1H3,(H,30,31,32)/t26-,28-/m0/s1. The number of unbranched alkanes of at least 4 members (excludes halogenated alkanes) is 8. The minimum absolute atomic E-state index is 0.210. The summed E-state index contributed by atoms with van der Waals surface area (Å²) >= 11 is 0. The van der Waals surface area contributed by atoms with Gasteiger partial charge in [-0.1, -0.05) is 94.0 Å². The molecule has 1 N–H and O–H groups in total. The summed E-state index contributed by atoms with van der Waals surface area (Å²) < 4.78 is 10.6. The van der Waals surface area contributed by atoms with Gasteiger partial charge >= 0.3 is 6.09 Å². The first-order valence-electron chi connectivity index (χ1n) is 12.5. The van der Waals surface area contributed by atoms with Crippen LogP contribution in [0.2, 0.25) is 0 Å². The largest absolute Gasteiger partial charge is 0.416 e. The van der Waals surface area contributed by atoms with Crippen LogP contribution in [0, 0.1) is 11.8 Å². The lowest BCUT2D eigenvalue weighted by atomic mass is 10.1. The molecule has 2 atom stereocenters. The molecule has 0 aliphatic carbocycles. The first-order chi connectivity index (χ1) is 16.7. The van der Waals surface area contributed by atoms with Gasteiger partial charge in [-0.05, 0) is 36.2 Å². The topological polar surface area (TPSA) is 67.9 Å². The number of hydrogen-bond acceptors (Lipinski definition) is 4. The number of amides is 2. The van der Waals surface area contributed by atoms with Crippen molar-refractivity contribution < 1.29 is 19.1 Å². The molecule has 0 saturated carbocycles. The molecule has 5 nitrogen and oxygen atoms in total. The van der Waals surface area contributed by atoms with Crippen LogP contribution in [-0.2, 0) is 15.9 Å². The molecule has 0 bridgehead atoms. The lowest BCUT2D eigenvalue weighted by Gasteiger charge is -2.04. The second-order valence-corrected chi connectivity index (χ2v) is 8.70. The van der Waals surface area contributed by atoms with Crippen LogP contribution in [0.5, 0.6) is 0 Å².